The van der Waals surface area contributed by atoms with E-state index in [9.17, 15) is 0 Å². The van der Waals surface area contributed by atoms with E-state index in [0.29, 0.717) is 11.7 Å². The van der Waals surface area contributed by atoms with Gasteiger partial charge in [-0.25, -0.2) is 4.85 Å². The Bertz CT molecular complexity index is 974. The highest BCUT2D eigenvalue weighted by Gasteiger charge is 2.22. The van der Waals surface area contributed by atoms with Gasteiger partial charge >= 0.3 is 0 Å². The van der Waals surface area contributed by atoms with Crippen molar-refractivity contribution in [2.24, 2.45) is 7.05 Å². The quantitative estimate of drug-likeness (QED) is 0.509. The van der Waals surface area contributed by atoms with Gasteiger partial charge in [0.25, 0.3) is 0 Å². The number of aryl methyl sites for hydroxylation is 1. The van der Waals surface area contributed by atoms with Crippen molar-refractivity contribution in [3.05, 3.63) is 71.5 Å². The van der Waals surface area contributed by atoms with Crippen LogP contribution in [-0.4, -0.2) is 4.68 Å². The number of hydrogen-bond donors (Lipinski definition) is 0. The molecule has 0 atom stereocenters. The molecule has 0 N–H and O–H groups in total. The largest absolute Gasteiger partial charge is 0.238 e. The molecule has 0 saturated heterocycles. The summed E-state index contributed by atoms with van der Waals surface area (Å²) < 4.78 is 6.50. The van der Waals surface area contributed by atoms with Crippen molar-refractivity contribution in [3.8, 4) is 16.9 Å². The minimum absolute atomic E-state index is 0.383. The SMILES string of the molecule is [C-]#[N+]c1cc(-c2cc[n+](C(C)C)n2C)c(C)c(-[n+]2ccccc2C)c1. The summed E-state index contributed by atoms with van der Waals surface area (Å²) in [4.78, 5) is 3.71. The van der Waals surface area contributed by atoms with Crippen LogP contribution in [0.1, 0.15) is 31.1 Å². The first-order valence-electron chi connectivity index (χ1n) is 8.51. The number of pyridine rings is 1. The van der Waals surface area contributed by atoms with E-state index >= 15 is 0 Å². The van der Waals surface area contributed by atoms with Gasteiger partial charge in [-0.2, -0.15) is 9.25 Å². The normalized spacial score (nSPS) is 10.9. The molecule has 2 aromatic heterocycles. The number of hydrogen-bond acceptors (Lipinski definition) is 0. The van der Waals surface area contributed by atoms with Crippen molar-refractivity contribution in [2.75, 3.05) is 0 Å². The fourth-order valence-corrected chi connectivity index (χ4v) is 3.33. The van der Waals surface area contributed by atoms with Gasteiger partial charge in [-0.1, -0.05) is 6.07 Å². The first-order valence-corrected chi connectivity index (χ1v) is 8.51. The Morgan fingerprint density at radius 2 is 1.84 bits per heavy atom. The Hall–Kier alpha value is -2.93. The van der Waals surface area contributed by atoms with Crippen molar-refractivity contribution in [1.29, 1.82) is 0 Å². The molecule has 0 bridgehead atoms. The van der Waals surface area contributed by atoms with Crippen LogP contribution in [0.5, 0.6) is 0 Å². The second-order valence-corrected chi connectivity index (χ2v) is 6.66. The highest BCUT2D eigenvalue weighted by Crippen LogP contribution is 2.30. The summed E-state index contributed by atoms with van der Waals surface area (Å²) in [6, 6.07) is 12.6. The van der Waals surface area contributed by atoms with Gasteiger partial charge < -0.3 is 0 Å². The van der Waals surface area contributed by atoms with Crippen LogP contribution in [0.25, 0.3) is 21.8 Å². The average molecular weight is 332 g/mol. The maximum Gasteiger partial charge on any atom is 0.204 e. The fraction of sp³-hybridized carbons (Fsp3) is 0.286. The van der Waals surface area contributed by atoms with Gasteiger partial charge in [-0.15, -0.1) is 4.68 Å². The average Bonchev–Trinajstić information content (AvgIpc) is 2.97. The predicted molar refractivity (Wildman–Crippen MR) is 98.7 cm³/mol. The Morgan fingerprint density at radius 3 is 2.44 bits per heavy atom. The molecule has 1 aromatic carbocycles. The second-order valence-electron chi connectivity index (χ2n) is 6.66. The molecule has 0 unspecified atom stereocenters. The van der Waals surface area contributed by atoms with Crippen molar-refractivity contribution in [3.63, 3.8) is 0 Å². The molecule has 126 valence electrons. The summed E-state index contributed by atoms with van der Waals surface area (Å²) in [5.41, 5.74) is 6.24. The van der Waals surface area contributed by atoms with E-state index in [1.807, 2.05) is 24.3 Å². The standard InChI is InChI=1S/C21H24N4/c1-15(2)25-12-10-20(23(25)6)19-13-18(22-5)14-21(17(19)4)24-11-8-7-9-16(24)3/h7-15H,1-4,6H3/q+2. The molecule has 4 nitrogen and oxygen atoms in total. The minimum atomic E-state index is 0.383. The lowest BCUT2D eigenvalue weighted by molar-refractivity contribution is -0.789. The van der Waals surface area contributed by atoms with Crippen LogP contribution in [0.15, 0.2) is 48.8 Å². The molecular weight excluding hydrogens is 308 g/mol. The van der Waals surface area contributed by atoms with Gasteiger partial charge in [0.05, 0.1) is 13.6 Å². The first-order chi connectivity index (χ1) is 11.9. The van der Waals surface area contributed by atoms with Gasteiger partial charge in [0.2, 0.25) is 5.69 Å². The highest BCUT2D eigenvalue weighted by atomic mass is 15.4. The summed E-state index contributed by atoms with van der Waals surface area (Å²) in [5, 5.41) is 0. The number of benzene rings is 1. The Kier molecular flexibility index (Phi) is 4.41. The molecule has 0 aliphatic heterocycles. The van der Waals surface area contributed by atoms with Crippen molar-refractivity contribution in [2.45, 2.75) is 33.7 Å². The van der Waals surface area contributed by atoms with Crippen molar-refractivity contribution in [1.82, 2.24) is 4.68 Å². The number of aromatic nitrogens is 3. The molecule has 3 rings (SSSR count). The van der Waals surface area contributed by atoms with E-state index in [2.05, 4.69) is 78.0 Å². The lowest BCUT2D eigenvalue weighted by Gasteiger charge is -2.10. The predicted octanol–water partition coefficient (Wildman–Crippen LogP) is 4.00. The molecule has 0 fully saturated rings. The fourth-order valence-electron chi connectivity index (χ4n) is 3.33. The Labute approximate surface area is 149 Å². The van der Waals surface area contributed by atoms with Gasteiger partial charge in [-0.3, -0.25) is 0 Å². The molecule has 25 heavy (non-hydrogen) atoms. The summed E-state index contributed by atoms with van der Waals surface area (Å²) in [7, 11) is 2.07. The minimum Gasteiger partial charge on any atom is -0.238 e. The molecule has 0 radical (unpaired) electrons. The molecule has 3 aromatic rings. The van der Waals surface area contributed by atoms with Crippen LogP contribution in [0, 0.1) is 20.4 Å². The highest BCUT2D eigenvalue weighted by molar-refractivity contribution is 5.72. The van der Waals surface area contributed by atoms with Crippen LogP contribution >= 0.6 is 0 Å². The molecule has 0 aliphatic rings. The second kappa shape index (κ2) is 6.52. The third-order valence-electron chi connectivity index (χ3n) is 4.70. The molecule has 0 spiro atoms. The zero-order chi connectivity index (χ0) is 18.1. The van der Waals surface area contributed by atoms with E-state index in [1.165, 1.54) is 5.56 Å². The summed E-state index contributed by atoms with van der Waals surface area (Å²) in [6.45, 7) is 16.1. The maximum atomic E-state index is 7.52. The molecule has 4 heteroatoms. The van der Waals surface area contributed by atoms with Crippen LogP contribution in [0.4, 0.5) is 5.69 Å². The molecular formula is C21H24N4+2. The smallest absolute Gasteiger partial charge is 0.204 e. The van der Waals surface area contributed by atoms with E-state index in [0.717, 1.165) is 22.6 Å². The number of nitrogens with zero attached hydrogens (tertiary/aromatic N) is 4. The van der Waals surface area contributed by atoms with Gasteiger partial charge in [0.1, 0.15) is 5.69 Å². The number of rotatable bonds is 3. The molecule has 0 amide bonds. The third-order valence-corrected chi connectivity index (χ3v) is 4.70. The molecule has 0 aliphatic carbocycles. The maximum absolute atomic E-state index is 7.52. The van der Waals surface area contributed by atoms with E-state index in [4.69, 9.17) is 6.57 Å². The third kappa shape index (κ3) is 2.94. The van der Waals surface area contributed by atoms with Crippen LogP contribution in [0.3, 0.4) is 0 Å². The lowest BCUT2D eigenvalue weighted by atomic mass is 10.0. The van der Waals surface area contributed by atoms with Crippen molar-refractivity contribution < 1.29 is 9.25 Å². The lowest BCUT2D eigenvalue weighted by Crippen LogP contribution is -2.43. The summed E-state index contributed by atoms with van der Waals surface area (Å²) >= 11 is 0. The van der Waals surface area contributed by atoms with E-state index < -0.39 is 0 Å². The van der Waals surface area contributed by atoms with Gasteiger partial charge in [-0.05, 0) is 26.8 Å². The Morgan fingerprint density at radius 1 is 1.08 bits per heavy atom. The molecule has 2 heterocycles. The van der Waals surface area contributed by atoms with Crippen molar-refractivity contribution >= 4 is 5.69 Å². The van der Waals surface area contributed by atoms with E-state index in [1.54, 1.807) is 0 Å². The molecule has 0 saturated carbocycles. The zero-order valence-electron chi connectivity index (χ0n) is 15.5. The topological polar surface area (TPSA) is 17.1 Å². The summed E-state index contributed by atoms with van der Waals surface area (Å²) in [6.07, 6.45) is 4.15. The van der Waals surface area contributed by atoms with Gasteiger partial charge in [0.15, 0.2) is 29.8 Å². The van der Waals surface area contributed by atoms with Gasteiger partial charge in [0, 0.05) is 42.3 Å². The van der Waals surface area contributed by atoms with Crippen LogP contribution in [-0.2, 0) is 7.05 Å². The zero-order valence-corrected chi connectivity index (χ0v) is 15.5. The van der Waals surface area contributed by atoms with E-state index in [-0.39, 0.29) is 0 Å². The van der Waals surface area contributed by atoms with Crippen LogP contribution in [0.2, 0.25) is 0 Å². The Balaban J connectivity index is 2.28. The monoisotopic (exact) mass is 332 g/mol. The van der Waals surface area contributed by atoms with Crippen LogP contribution < -0.4 is 9.25 Å². The summed E-state index contributed by atoms with van der Waals surface area (Å²) in [5.74, 6) is 0. The first kappa shape index (κ1) is 16.9.